The summed E-state index contributed by atoms with van der Waals surface area (Å²) in [7, 11) is -1.13. The molecule has 0 fully saturated rings. The molecule has 0 saturated heterocycles. The number of para-hydroxylation sites is 1. The highest BCUT2D eigenvalue weighted by atomic mass is 32.2. The summed E-state index contributed by atoms with van der Waals surface area (Å²) in [6, 6.07) is 11.2. The highest BCUT2D eigenvalue weighted by Gasteiger charge is 2.27. The Labute approximate surface area is 150 Å². The van der Waals surface area contributed by atoms with Crippen molar-refractivity contribution in [3.05, 3.63) is 59.7 Å². The maximum atomic E-state index is 14.9. The fraction of sp³-hybridized carbons (Fsp3) is 0.400. The average Bonchev–Trinajstić information content (AvgIpc) is 2.57. The van der Waals surface area contributed by atoms with Crippen LogP contribution in [0.2, 0.25) is 0 Å². The lowest BCUT2D eigenvalue weighted by molar-refractivity contribution is 0.401. The van der Waals surface area contributed by atoms with E-state index in [0.29, 0.717) is 23.5 Å². The van der Waals surface area contributed by atoms with Crippen molar-refractivity contribution in [2.45, 2.75) is 44.8 Å². The van der Waals surface area contributed by atoms with E-state index in [0.717, 1.165) is 0 Å². The van der Waals surface area contributed by atoms with Gasteiger partial charge in [0.15, 0.2) is 17.4 Å². The maximum Gasteiger partial charge on any atom is 0.198 e. The van der Waals surface area contributed by atoms with Gasteiger partial charge in [0.05, 0.1) is 0 Å². The lowest BCUT2D eigenvalue weighted by Gasteiger charge is -2.23. The van der Waals surface area contributed by atoms with Gasteiger partial charge in [-0.1, -0.05) is 31.2 Å². The minimum absolute atomic E-state index is 0.265. The van der Waals surface area contributed by atoms with Gasteiger partial charge in [-0.05, 0) is 56.9 Å². The van der Waals surface area contributed by atoms with Crippen molar-refractivity contribution in [2.75, 3.05) is 5.75 Å². The van der Waals surface area contributed by atoms with E-state index in [1.807, 2.05) is 27.7 Å². The third-order valence-electron chi connectivity index (χ3n) is 4.01. The van der Waals surface area contributed by atoms with Crippen LogP contribution in [0.5, 0.6) is 11.5 Å². The molecule has 0 unspecified atom stereocenters. The molecule has 2 rings (SSSR count). The quantitative estimate of drug-likeness (QED) is 0.646. The Kier molecular flexibility index (Phi) is 6.33. The molecule has 0 aliphatic heterocycles. The van der Waals surface area contributed by atoms with Crippen LogP contribution in [0.3, 0.4) is 0 Å². The van der Waals surface area contributed by atoms with Gasteiger partial charge in [0, 0.05) is 21.3 Å². The molecule has 25 heavy (non-hydrogen) atoms. The number of benzene rings is 2. The van der Waals surface area contributed by atoms with Crippen LogP contribution < -0.4 is 4.74 Å². The predicted octanol–water partition coefficient (Wildman–Crippen LogP) is 5.80. The Morgan fingerprint density at radius 3 is 2.28 bits per heavy atom. The Morgan fingerprint density at radius 2 is 1.72 bits per heavy atom. The molecule has 0 aliphatic rings. The lowest BCUT2D eigenvalue weighted by atomic mass is 9.97. The Bertz CT molecular complexity index is 739. The van der Waals surface area contributed by atoms with Gasteiger partial charge in [-0.15, -0.1) is 0 Å². The number of hydrogen-bond donors (Lipinski definition) is 0. The molecule has 5 heteroatoms. The first-order chi connectivity index (χ1) is 11.7. The van der Waals surface area contributed by atoms with E-state index in [4.69, 9.17) is 4.74 Å². The molecule has 2 atom stereocenters. The highest BCUT2D eigenvalue weighted by molar-refractivity contribution is 7.86. The topological polar surface area (TPSA) is 26.3 Å². The van der Waals surface area contributed by atoms with Crippen molar-refractivity contribution >= 4 is 10.8 Å². The van der Waals surface area contributed by atoms with Crippen molar-refractivity contribution in [3.63, 3.8) is 0 Å². The summed E-state index contributed by atoms with van der Waals surface area (Å²) in [5.41, 5.74) is 0.340. The highest BCUT2D eigenvalue weighted by Crippen LogP contribution is 2.34. The van der Waals surface area contributed by atoms with Crippen LogP contribution in [-0.2, 0) is 10.8 Å². The predicted molar refractivity (Wildman–Crippen MR) is 98.7 cm³/mol. The Balaban J connectivity index is 2.35. The van der Waals surface area contributed by atoms with Crippen LogP contribution in [0, 0.1) is 11.6 Å². The van der Waals surface area contributed by atoms with Gasteiger partial charge >= 0.3 is 0 Å². The molecule has 136 valence electrons. The number of halogens is 2. The molecular formula is C20H24F2O2S. The molecular weight excluding hydrogens is 342 g/mol. The van der Waals surface area contributed by atoms with Crippen LogP contribution in [0.15, 0.2) is 42.5 Å². The first kappa shape index (κ1) is 19.6. The number of rotatable bonds is 6. The van der Waals surface area contributed by atoms with Crippen LogP contribution in [0.1, 0.15) is 45.6 Å². The summed E-state index contributed by atoms with van der Waals surface area (Å²) in [6.07, 6.45) is 0.606. The first-order valence-electron chi connectivity index (χ1n) is 8.33. The summed E-state index contributed by atoms with van der Waals surface area (Å²) in [5.74, 6) is -1.46. The summed E-state index contributed by atoms with van der Waals surface area (Å²) >= 11 is 0. The molecule has 0 aliphatic carbocycles. The van der Waals surface area contributed by atoms with Gasteiger partial charge in [-0.25, -0.2) is 8.78 Å². The minimum Gasteiger partial charge on any atom is -0.451 e. The van der Waals surface area contributed by atoms with E-state index in [-0.39, 0.29) is 10.7 Å². The third-order valence-corrected chi connectivity index (χ3v) is 6.08. The third kappa shape index (κ3) is 4.88. The zero-order valence-electron chi connectivity index (χ0n) is 15.0. The Hall–Kier alpha value is -1.75. The van der Waals surface area contributed by atoms with E-state index in [9.17, 15) is 13.0 Å². The van der Waals surface area contributed by atoms with E-state index < -0.39 is 28.2 Å². The largest absolute Gasteiger partial charge is 0.451 e. The molecule has 0 radical (unpaired) electrons. The molecule has 0 bridgehead atoms. The molecule has 0 spiro atoms. The SMILES string of the molecule is CC[C@@H](C[S@@](=O)C(C)(C)C)c1ccc(F)c(Oc2ccccc2)c1F. The van der Waals surface area contributed by atoms with Gasteiger partial charge in [0.25, 0.3) is 0 Å². The van der Waals surface area contributed by atoms with Crippen LogP contribution >= 0.6 is 0 Å². The second-order valence-electron chi connectivity index (χ2n) is 6.92. The lowest BCUT2D eigenvalue weighted by Crippen LogP contribution is -2.27. The minimum atomic E-state index is -1.13. The van der Waals surface area contributed by atoms with E-state index in [1.54, 1.807) is 30.3 Å². The van der Waals surface area contributed by atoms with Crippen LogP contribution in [0.4, 0.5) is 8.78 Å². The normalized spacial score (nSPS) is 14.2. The molecule has 0 N–H and O–H groups in total. The van der Waals surface area contributed by atoms with Crippen LogP contribution in [0.25, 0.3) is 0 Å². The summed E-state index contributed by atoms with van der Waals surface area (Å²) in [6.45, 7) is 7.58. The van der Waals surface area contributed by atoms with Crippen molar-refractivity contribution in [3.8, 4) is 11.5 Å². The van der Waals surface area contributed by atoms with E-state index >= 15 is 0 Å². The van der Waals surface area contributed by atoms with Gasteiger partial charge in [0.1, 0.15) is 5.75 Å². The van der Waals surface area contributed by atoms with Crippen molar-refractivity contribution in [1.29, 1.82) is 0 Å². The fourth-order valence-electron chi connectivity index (χ4n) is 2.42. The summed E-state index contributed by atoms with van der Waals surface area (Å²) in [5, 5.41) is 0. The van der Waals surface area contributed by atoms with Gasteiger partial charge in [0.2, 0.25) is 0 Å². The van der Waals surface area contributed by atoms with Crippen molar-refractivity contribution in [1.82, 2.24) is 0 Å². The number of ether oxygens (including phenoxy) is 1. The fourth-order valence-corrected chi connectivity index (χ4v) is 3.70. The van der Waals surface area contributed by atoms with Crippen LogP contribution in [-0.4, -0.2) is 14.7 Å². The number of hydrogen-bond acceptors (Lipinski definition) is 2. The van der Waals surface area contributed by atoms with E-state index in [1.165, 1.54) is 12.1 Å². The van der Waals surface area contributed by atoms with Gasteiger partial charge in [-0.2, -0.15) is 0 Å². The first-order valence-corrected chi connectivity index (χ1v) is 9.65. The van der Waals surface area contributed by atoms with E-state index in [2.05, 4.69) is 0 Å². The standard InChI is InChI=1S/C20H24F2O2S/c1-5-14(13-25(23)20(2,3)4)16-11-12-17(21)19(18(16)22)24-15-9-7-6-8-10-15/h6-12,14H,5,13H2,1-4H3/t14-,25+/m0/s1. The second kappa shape index (κ2) is 8.09. The van der Waals surface area contributed by atoms with Gasteiger partial charge < -0.3 is 4.74 Å². The monoisotopic (exact) mass is 366 g/mol. The van der Waals surface area contributed by atoms with Crippen molar-refractivity contribution in [2.24, 2.45) is 0 Å². The summed E-state index contributed by atoms with van der Waals surface area (Å²) in [4.78, 5) is 0. The molecule has 2 aromatic carbocycles. The van der Waals surface area contributed by atoms with Crippen molar-refractivity contribution < 1.29 is 17.7 Å². The second-order valence-corrected chi connectivity index (χ2v) is 9.17. The molecule has 0 saturated carbocycles. The maximum absolute atomic E-state index is 14.9. The Morgan fingerprint density at radius 1 is 1.08 bits per heavy atom. The summed E-state index contributed by atoms with van der Waals surface area (Å²) < 4.78 is 46.5. The molecule has 0 aromatic heterocycles. The molecule has 0 heterocycles. The molecule has 2 aromatic rings. The molecule has 2 nitrogen and oxygen atoms in total. The molecule has 0 amide bonds. The average molecular weight is 366 g/mol. The zero-order valence-corrected chi connectivity index (χ0v) is 15.8. The zero-order chi connectivity index (χ0) is 18.6. The smallest absolute Gasteiger partial charge is 0.198 e. The van der Waals surface area contributed by atoms with Gasteiger partial charge in [-0.3, -0.25) is 4.21 Å².